The van der Waals surface area contributed by atoms with E-state index in [-0.39, 0.29) is 0 Å². The normalized spacial score (nSPS) is 21.0. The highest BCUT2D eigenvalue weighted by Gasteiger charge is 2.27. The summed E-state index contributed by atoms with van der Waals surface area (Å²) in [6.45, 7) is 0. The summed E-state index contributed by atoms with van der Waals surface area (Å²) in [5, 5.41) is 8.01. The van der Waals surface area contributed by atoms with Crippen LogP contribution in [0.2, 0.25) is 0 Å². The van der Waals surface area contributed by atoms with Gasteiger partial charge in [0.1, 0.15) is 5.82 Å². The van der Waals surface area contributed by atoms with Gasteiger partial charge in [0.05, 0.1) is 5.69 Å². The fourth-order valence-electron chi connectivity index (χ4n) is 3.59. The summed E-state index contributed by atoms with van der Waals surface area (Å²) in [5.41, 5.74) is 16.3. The van der Waals surface area contributed by atoms with Crippen LogP contribution in [0.5, 0.6) is 0 Å². The Labute approximate surface area is 140 Å². The van der Waals surface area contributed by atoms with Gasteiger partial charge in [-0.15, -0.1) is 5.10 Å². The lowest BCUT2D eigenvalue weighted by molar-refractivity contribution is 0.396. The number of nitrogens with one attached hydrogen (secondary N) is 1. The Morgan fingerprint density at radius 2 is 1.83 bits per heavy atom. The second kappa shape index (κ2) is 6.13. The minimum absolute atomic E-state index is 0.302. The van der Waals surface area contributed by atoms with Crippen molar-refractivity contribution >= 4 is 22.8 Å². The van der Waals surface area contributed by atoms with Crippen molar-refractivity contribution in [2.24, 2.45) is 5.73 Å². The van der Waals surface area contributed by atoms with Crippen molar-refractivity contribution in [3.8, 4) is 0 Å². The molecule has 0 amide bonds. The smallest absolute Gasteiger partial charge is 0.177 e. The van der Waals surface area contributed by atoms with Gasteiger partial charge in [-0.05, 0) is 43.7 Å². The standard InChI is InChI=1S/C18H22N6/c19-13-8-6-12(7-9-13)15-16(22-14-4-2-1-3-5-14)18-21-10-11-24(18)23-17(15)20/h1-5,10-13,22H,6-9,19H2,(H2,20,23)/t12-,13+. The average Bonchev–Trinajstić information content (AvgIpc) is 3.05. The molecule has 0 unspecified atom stereocenters. The summed E-state index contributed by atoms with van der Waals surface area (Å²) in [4.78, 5) is 4.48. The maximum absolute atomic E-state index is 6.33. The lowest BCUT2D eigenvalue weighted by Gasteiger charge is -2.28. The third kappa shape index (κ3) is 2.69. The number of hydrogen-bond acceptors (Lipinski definition) is 5. The van der Waals surface area contributed by atoms with E-state index in [4.69, 9.17) is 11.5 Å². The van der Waals surface area contributed by atoms with Crippen LogP contribution in [0, 0.1) is 0 Å². The van der Waals surface area contributed by atoms with Crippen LogP contribution in [-0.4, -0.2) is 20.6 Å². The molecule has 1 aliphatic rings. The first kappa shape index (κ1) is 15.0. The van der Waals surface area contributed by atoms with Crippen LogP contribution in [0.4, 0.5) is 17.2 Å². The fourth-order valence-corrected chi connectivity index (χ4v) is 3.59. The Morgan fingerprint density at radius 3 is 2.58 bits per heavy atom. The summed E-state index contributed by atoms with van der Waals surface area (Å²) in [5.74, 6) is 0.935. The Morgan fingerprint density at radius 1 is 1.08 bits per heavy atom. The highest BCUT2D eigenvalue weighted by Crippen LogP contribution is 2.41. The van der Waals surface area contributed by atoms with Gasteiger partial charge < -0.3 is 16.8 Å². The van der Waals surface area contributed by atoms with Crippen LogP contribution in [0.3, 0.4) is 0 Å². The van der Waals surface area contributed by atoms with Gasteiger partial charge >= 0.3 is 0 Å². The zero-order valence-electron chi connectivity index (χ0n) is 13.5. The molecule has 6 nitrogen and oxygen atoms in total. The van der Waals surface area contributed by atoms with E-state index in [2.05, 4.69) is 15.4 Å². The number of benzene rings is 1. The van der Waals surface area contributed by atoms with Crippen LogP contribution < -0.4 is 16.8 Å². The molecule has 0 radical (unpaired) electrons. The van der Waals surface area contributed by atoms with Gasteiger partial charge in [-0.1, -0.05) is 18.2 Å². The van der Waals surface area contributed by atoms with Crippen molar-refractivity contribution < 1.29 is 0 Å². The van der Waals surface area contributed by atoms with Crippen molar-refractivity contribution in [2.75, 3.05) is 11.1 Å². The van der Waals surface area contributed by atoms with Gasteiger partial charge in [-0.3, -0.25) is 0 Å². The number of rotatable bonds is 3. The first-order valence-corrected chi connectivity index (χ1v) is 8.42. The third-order valence-electron chi connectivity index (χ3n) is 4.83. The average molecular weight is 322 g/mol. The number of aromatic nitrogens is 3. The van der Waals surface area contributed by atoms with Gasteiger partial charge in [0.2, 0.25) is 0 Å². The predicted octanol–water partition coefficient (Wildman–Crippen LogP) is 3.04. The molecular formula is C18H22N6. The van der Waals surface area contributed by atoms with E-state index in [9.17, 15) is 0 Å². The number of anilines is 3. The van der Waals surface area contributed by atoms with Crippen molar-refractivity contribution in [3.63, 3.8) is 0 Å². The lowest BCUT2D eigenvalue weighted by atomic mass is 9.81. The molecule has 4 rings (SSSR count). The summed E-state index contributed by atoms with van der Waals surface area (Å²) < 4.78 is 1.73. The van der Waals surface area contributed by atoms with Gasteiger partial charge in [0.15, 0.2) is 5.65 Å². The topological polar surface area (TPSA) is 94.3 Å². The van der Waals surface area contributed by atoms with Crippen molar-refractivity contribution in [2.45, 2.75) is 37.6 Å². The van der Waals surface area contributed by atoms with E-state index in [1.807, 2.05) is 36.5 Å². The number of nitrogens with zero attached hydrogens (tertiary/aromatic N) is 3. The lowest BCUT2D eigenvalue weighted by Crippen LogP contribution is -2.26. The number of nitrogen functional groups attached to an aromatic ring is 1. The van der Waals surface area contributed by atoms with Crippen LogP contribution in [-0.2, 0) is 0 Å². The molecule has 1 fully saturated rings. The molecule has 2 heterocycles. The third-order valence-corrected chi connectivity index (χ3v) is 4.83. The highest BCUT2D eigenvalue weighted by molar-refractivity contribution is 5.80. The number of fused-ring (bicyclic) bond motifs is 1. The van der Waals surface area contributed by atoms with Crippen LogP contribution >= 0.6 is 0 Å². The molecule has 2 aromatic heterocycles. The van der Waals surface area contributed by atoms with E-state index in [1.165, 1.54) is 0 Å². The minimum Gasteiger partial charge on any atom is -0.382 e. The van der Waals surface area contributed by atoms with E-state index < -0.39 is 0 Å². The molecule has 24 heavy (non-hydrogen) atoms. The Hall–Kier alpha value is -2.60. The molecule has 1 aromatic carbocycles. The first-order valence-electron chi connectivity index (χ1n) is 8.42. The molecule has 1 saturated carbocycles. The summed E-state index contributed by atoms with van der Waals surface area (Å²) in [7, 11) is 0. The van der Waals surface area contributed by atoms with E-state index in [0.29, 0.717) is 17.8 Å². The zero-order valence-corrected chi connectivity index (χ0v) is 13.5. The van der Waals surface area contributed by atoms with Crippen molar-refractivity contribution in [3.05, 3.63) is 48.3 Å². The van der Waals surface area contributed by atoms with Crippen LogP contribution in [0.25, 0.3) is 5.65 Å². The van der Waals surface area contributed by atoms with Gasteiger partial charge in [0.25, 0.3) is 0 Å². The maximum atomic E-state index is 6.33. The fraction of sp³-hybridized carbons (Fsp3) is 0.333. The molecule has 6 heteroatoms. The predicted molar refractivity (Wildman–Crippen MR) is 96.3 cm³/mol. The molecular weight excluding hydrogens is 300 g/mol. The first-order chi connectivity index (χ1) is 11.7. The Kier molecular flexibility index (Phi) is 3.82. The minimum atomic E-state index is 0.302. The number of para-hydroxylation sites is 1. The van der Waals surface area contributed by atoms with E-state index in [1.54, 1.807) is 10.7 Å². The number of imidazole rings is 1. The van der Waals surface area contributed by atoms with E-state index in [0.717, 1.165) is 48.3 Å². The second-order valence-electron chi connectivity index (χ2n) is 6.47. The van der Waals surface area contributed by atoms with Gasteiger partial charge in [-0.2, -0.15) is 0 Å². The Bertz CT molecular complexity index is 833. The number of nitrogens with two attached hydrogens (primary N) is 2. The molecule has 1 aliphatic carbocycles. The molecule has 0 saturated heterocycles. The molecule has 0 bridgehead atoms. The molecule has 124 valence electrons. The van der Waals surface area contributed by atoms with Crippen molar-refractivity contribution in [1.82, 2.24) is 14.6 Å². The monoisotopic (exact) mass is 322 g/mol. The maximum Gasteiger partial charge on any atom is 0.177 e. The van der Waals surface area contributed by atoms with Crippen LogP contribution in [0.1, 0.15) is 37.2 Å². The van der Waals surface area contributed by atoms with Crippen molar-refractivity contribution in [1.29, 1.82) is 0 Å². The summed E-state index contributed by atoms with van der Waals surface area (Å²) >= 11 is 0. The SMILES string of the molecule is Nc1nn2ccnc2c(Nc2ccccc2)c1[C@H]1CC[C@@H](N)CC1. The van der Waals surface area contributed by atoms with Gasteiger partial charge in [-0.25, -0.2) is 9.50 Å². The number of hydrogen-bond donors (Lipinski definition) is 3. The quantitative estimate of drug-likeness (QED) is 0.689. The molecule has 0 aliphatic heterocycles. The van der Waals surface area contributed by atoms with Gasteiger partial charge in [0, 0.05) is 29.7 Å². The van der Waals surface area contributed by atoms with Crippen LogP contribution in [0.15, 0.2) is 42.7 Å². The summed E-state index contributed by atoms with van der Waals surface area (Å²) in [6, 6.07) is 10.4. The second-order valence-corrected chi connectivity index (χ2v) is 6.47. The zero-order chi connectivity index (χ0) is 16.5. The summed E-state index contributed by atoms with van der Waals surface area (Å²) in [6.07, 6.45) is 7.69. The van der Waals surface area contributed by atoms with E-state index >= 15 is 0 Å². The highest BCUT2D eigenvalue weighted by atomic mass is 15.3. The molecule has 3 aromatic rings. The largest absolute Gasteiger partial charge is 0.382 e. The Balaban J connectivity index is 1.82. The molecule has 0 atom stereocenters. The molecule has 5 N–H and O–H groups in total. The molecule has 0 spiro atoms.